The molecule has 2 aromatic rings. The van der Waals surface area contributed by atoms with Crippen LogP contribution < -0.4 is 5.32 Å². The molecule has 2 rings (SSSR count). The predicted octanol–water partition coefficient (Wildman–Crippen LogP) is 4.46. The lowest BCUT2D eigenvalue weighted by Crippen LogP contribution is -2.30. The lowest BCUT2D eigenvalue weighted by atomic mass is 10.2. The molecule has 0 saturated heterocycles. The highest BCUT2D eigenvalue weighted by Gasteiger charge is 2.22. The molecule has 0 aromatic heterocycles. The Morgan fingerprint density at radius 3 is 2.17 bits per heavy atom. The molecule has 0 aliphatic rings. The van der Waals surface area contributed by atoms with Crippen molar-refractivity contribution in [3.05, 3.63) is 63.6 Å². The first-order valence-corrected chi connectivity index (χ1v) is 7.45. The topological polar surface area (TPSA) is 55.4 Å². The van der Waals surface area contributed by atoms with Gasteiger partial charge in [0.1, 0.15) is 17.3 Å². The van der Waals surface area contributed by atoms with E-state index in [0.29, 0.717) is 0 Å². The summed E-state index contributed by atoms with van der Waals surface area (Å²) in [7, 11) is 0. The van der Waals surface area contributed by atoms with Crippen LogP contribution in [0.1, 0.15) is 17.3 Å². The molecule has 1 N–H and O–H groups in total. The minimum absolute atomic E-state index is 0.0456. The summed E-state index contributed by atoms with van der Waals surface area (Å²) in [5.74, 6) is -3.62. The molecule has 1 amide bonds. The van der Waals surface area contributed by atoms with Crippen LogP contribution in [-0.4, -0.2) is 18.0 Å². The Hall–Kier alpha value is -2.18. The molecule has 0 spiro atoms. The van der Waals surface area contributed by atoms with Crippen LogP contribution in [0.2, 0.25) is 10.0 Å². The number of nitrogens with one attached hydrogen (secondary N) is 1. The Bertz CT molecular complexity index is 758. The maximum atomic E-state index is 13.5. The number of ether oxygens (including phenoxy) is 1. The molecule has 1 unspecified atom stereocenters. The number of hydrogen-bond donors (Lipinski definition) is 1. The van der Waals surface area contributed by atoms with Gasteiger partial charge in [-0.3, -0.25) is 4.79 Å². The second kappa shape index (κ2) is 7.59. The molecular formula is C16H11Cl2F2NO3. The SMILES string of the molecule is CC(OC(=O)c1cc(Cl)cc(Cl)c1)C(=O)Nc1c(F)cccc1F. The average molecular weight is 374 g/mol. The van der Waals surface area contributed by atoms with Crippen molar-refractivity contribution in [3.8, 4) is 0 Å². The van der Waals surface area contributed by atoms with E-state index in [-0.39, 0.29) is 15.6 Å². The standard InChI is InChI=1S/C16H11Cl2F2NO3/c1-8(15(22)21-14-12(19)3-2-4-13(14)20)24-16(23)9-5-10(17)7-11(18)6-9/h2-8H,1H3,(H,21,22). The molecule has 2 aromatic carbocycles. The molecule has 0 bridgehead atoms. The predicted molar refractivity (Wildman–Crippen MR) is 86.3 cm³/mol. The maximum Gasteiger partial charge on any atom is 0.339 e. The number of hydrogen-bond acceptors (Lipinski definition) is 3. The molecular weight excluding hydrogens is 363 g/mol. The molecule has 24 heavy (non-hydrogen) atoms. The number of carbonyl (C=O) groups excluding carboxylic acids is 2. The summed E-state index contributed by atoms with van der Waals surface area (Å²) in [6.45, 7) is 1.26. The zero-order chi connectivity index (χ0) is 17.9. The van der Waals surface area contributed by atoms with E-state index >= 15 is 0 Å². The van der Waals surface area contributed by atoms with Gasteiger partial charge in [-0.2, -0.15) is 0 Å². The van der Waals surface area contributed by atoms with Crippen molar-refractivity contribution in [3.63, 3.8) is 0 Å². The maximum absolute atomic E-state index is 13.5. The minimum Gasteiger partial charge on any atom is -0.449 e. The van der Waals surface area contributed by atoms with Gasteiger partial charge in [-0.15, -0.1) is 0 Å². The second-order valence-corrected chi connectivity index (χ2v) is 5.66. The van der Waals surface area contributed by atoms with Gasteiger partial charge in [0.25, 0.3) is 5.91 Å². The van der Waals surface area contributed by atoms with E-state index in [4.69, 9.17) is 27.9 Å². The first-order valence-electron chi connectivity index (χ1n) is 6.70. The van der Waals surface area contributed by atoms with Gasteiger partial charge in [0, 0.05) is 10.0 Å². The lowest BCUT2D eigenvalue weighted by molar-refractivity contribution is -0.123. The van der Waals surface area contributed by atoms with Crippen molar-refractivity contribution in [1.82, 2.24) is 0 Å². The van der Waals surface area contributed by atoms with Crippen molar-refractivity contribution in [2.75, 3.05) is 5.32 Å². The first kappa shape index (κ1) is 18.2. The summed E-state index contributed by atoms with van der Waals surface area (Å²) >= 11 is 11.6. The molecule has 4 nitrogen and oxygen atoms in total. The average Bonchev–Trinajstić information content (AvgIpc) is 2.49. The smallest absolute Gasteiger partial charge is 0.339 e. The second-order valence-electron chi connectivity index (χ2n) is 4.79. The van der Waals surface area contributed by atoms with Crippen LogP contribution in [0.3, 0.4) is 0 Å². The molecule has 0 fully saturated rings. The zero-order valence-corrected chi connectivity index (χ0v) is 13.8. The molecule has 0 saturated carbocycles. The number of para-hydroxylation sites is 1. The highest BCUT2D eigenvalue weighted by Crippen LogP contribution is 2.21. The minimum atomic E-state index is -1.30. The lowest BCUT2D eigenvalue weighted by Gasteiger charge is -2.14. The number of amides is 1. The molecule has 0 aliphatic heterocycles. The molecule has 0 radical (unpaired) electrons. The van der Waals surface area contributed by atoms with E-state index in [9.17, 15) is 18.4 Å². The highest BCUT2D eigenvalue weighted by atomic mass is 35.5. The van der Waals surface area contributed by atoms with E-state index in [1.54, 1.807) is 0 Å². The molecule has 0 heterocycles. The Morgan fingerprint density at radius 1 is 1.08 bits per heavy atom. The van der Waals surface area contributed by atoms with Crippen molar-refractivity contribution in [1.29, 1.82) is 0 Å². The number of halogens is 4. The van der Waals surface area contributed by atoms with Gasteiger partial charge in [-0.1, -0.05) is 29.3 Å². The Kier molecular flexibility index (Phi) is 5.75. The van der Waals surface area contributed by atoms with Crippen molar-refractivity contribution in [2.45, 2.75) is 13.0 Å². The van der Waals surface area contributed by atoms with Crippen LogP contribution in [0.4, 0.5) is 14.5 Å². The van der Waals surface area contributed by atoms with E-state index < -0.39 is 35.3 Å². The van der Waals surface area contributed by atoms with Crippen molar-refractivity contribution >= 4 is 40.8 Å². The quantitative estimate of drug-likeness (QED) is 0.805. The summed E-state index contributed by atoms with van der Waals surface area (Å²) in [6.07, 6.45) is -1.30. The Morgan fingerprint density at radius 2 is 1.62 bits per heavy atom. The van der Waals surface area contributed by atoms with Crippen LogP contribution in [0, 0.1) is 11.6 Å². The molecule has 1 atom stereocenters. The fraction of sp³-hybridized carbons (Fsp3) is 0.125. The number of esters is 1. The van der Waals surface area contributed by atoms with Gasteiger partial charge >= 0.3 is 5.97 Å². The third kappa shape index (κ3) is 4.43. The largest absolute Gasteiger partial charge is 0.449 e. The fourth-order valence-electron chi connectivity index (χ4n) is 1.80. The fourth-order valence-corrected chi connectivity index (χ4v) is 2.32. The number of rotatable bonds is 4. The third-order valence-electron chi connectivity index (χ3n) is 2.96. The van der Waals surface area contributed by atoms with E-state index in [1.165, 1.54) is 25.1 Å². The normalized spacial score (nSPS) is 11.7. The van der Waals surface area contributed by atoms with E-state index in [0.717, 1.165) is 18.2 Å². The summed E-state index contributed by atoms with van der Waals surface area (Å²) in [5.41, 5.74) is -0.569. The van der Waals surface area contributed by atoms with Crippen LogP contribution in [-0.2, 0) is 9.53 Å². The van der Waals surface area contributed by atoms with Crippen LogP contribution in [0.15, 0.2) is 36.4 Å². The number of benzene rings is 2. The summed E-state index contributed by atoms with van der Waals surface area (Å²) in [6, 6.07) is 7.20. The Labute approximate surface area is 146 Å². The highest BCUT2D eigenvalue weighted by molar-refractivity contribution is 6.35. The van der Waals surface area contributed by atoms with Crippen LogP contribution in [0.5, 0.6) is 0 Å². The van der Waals surface area contributed by atoms with Crippen molar-refractivity contribution < 1.29 is 23.1 Å². The molecule has 0 aliphatic carbocycles. The Balaban J connectivity index is 2.07. The van der Waals surface area contributed by atoms with Gasteiger partial charge in [-0.25, -0.2) is 13.6 Å². The molecule has 8 heteroatoms. The van der Waals surface area contributed by atoms with Gasteiger partial charge < -0.3 is 10.1 Å². The summed E-state index contributed by atoms with van der Waals surface area (Å²) in [4.78, 5) is 23.9. The van der Waals surface area contributed by atoms with Crippen LogP contribution >= 0.6 is 23.2 Å². The summed E-state index contributed by atoms with van der Waals surface area (Å²) in [5, 5.41) is 2.48. The summed E-state index contributed by atoms with van der Waals surface area (Å²) < 4.78 is 31.9. The van der Waals surface area contributed by atoms with Gasteiger partial charge in [0.15, 0.2) is 6.10 Å². The first-order chi connectivity index (χ1) is 11.3. The van der Waals surface area contributed by atoms with Crippen LogP contribution in [0.25, 0.3) is 0 Å². The van der Waals surface area contributed by atoms with E-state index in [1.807, 2.05) is 5.32 Å². The van der Waals surface area contributed by atoms with Gasteiger partial charge in [-0.05, 0) is 37.3 Å². The van der Waals surface area contributed by atoms with Crippen molar-refractivity contribution in [2.24, 2.45) is 0 Å². The van der Waals surface area contributed by atoms with Gasteiger partial charge in [0.05, 0.1) is 5.56 Å². The monoisotopic (exact) mass is 373 g/mol. The number of carbonyl (C=O) groups is 2. The zero-order valence-electron chi connectivity index (χ0n) is 12.3. The van der Waals surface area contributed by atoms with E-state index in [2.05, 4.69) is 0 Å². The number of anilines is 1. The van der Waals surface area contributed by atoms with Gasteiger partial charge in [0.2, 0.25) is 0 Å². The third-order valence-corrected chi connectivity index (χ3v) is 3.40. The molecule has 126 valence electrons.